The van der Waals surface area contributed by atoms with Crippen molar-refractivity contribution >= 4 is 11.6 Å². The smallest absolute Gasteiger partial charge is 0.0406 e. The van der Waals surface area contributed by atoms with Gasteiger partial charge in [-0.05, 0) is 35.2 Å². The van der Waals surface area contributed by atoms with Crippen molar-refractivity contribution in [2.75, 3.05) is 13.1 Å². The predicted octanol–water partition coefficient (Wildman–Crippen LogP) is 5.49. The van der Waals surface area contributed by atoms with Gasteiger partial charge in [0, 0.05) is 43.2 Å². The fourth-order valence-corrected chi connectivity index (χ4v) is 4.26. The van der Waals surface area contributed by atoms with Crippen LogP contribution in [-0.2, 0) is 13.1 Å². The number of piperidine rings is 1. The Morgan fingerprint density at radius 3 is 2.21 bits per heavy atom. The van der Waals surface area contributed by atoms with E-state index in [1.165, 1.54) is 16.7 Å². The molecule has 4 rings (SSSR count). The first-order valence-corrected chi connectivity index (χ1v) is 10.4. The molecule has 144 valence electrons. The van der Waals surface area contributed by atoms with E-state index < -0.39 is 0 Å². The summed E-state index contributed by atoms with van der Waals surface area (Å²) in [5.74, 6) is 0.492. The van der Waals surface area contributed by atoms with Gasteiger partial charge in [0.2, 0.25) is 0 Å². The third-order valence-corrected chi connectivity index (χ3v) is 5.91. The molecule has 2 atom stereocenters. The molecular weight excluding hydrogens is 364 g/mol. The van der Waals surface area contributed by atoms with Gasteiger partial charge in [0.05, 0.1) is 0 Å². The Morgan fingerprint density at radius 2 is 1.50 bits per heavy atom. The number of rotatable bonds is 6. The average molecular weight is 391 g/mol. The fourth-order valence-electron chi connectivity index (χ4n) is 4.14. The second kappa shape index (κ2) is 9.38. The number of nitrogens with zero attached hydrogens (tertiary/aromatic N) is 1. The average Bonchev–Trinajstić information content (AvgIpc) is 2.75. The van der Waals surface area contributed by atoms with Crippen LogP contribution in [0, 0.1) is 0 Å². The van der Waals surface area contributed by atoms with Gasteiger partial charge in [-0.15, -0.1) is 0 Å². The summed E-state index contributed by atoms with van der Waals surface area (Å²) in [4.78, 5) is 2.59. The molecule has 1 saturated heterocycles. The second-order valence-electron chi connectivity index (χ2n) is 7.64. The van der Waals surface area contributed by atoms with Crippen molar-refractivity contribution in [1.29, 1.82) is 0 Å². The Balaban J connectivity index is 1.45. The maximum Gasteiger partial charge on any atom is 0.0406 e. The van der Waals surface area contributed by atoms with Crippen LogP contribution in [0.3, 0.4) is 0 Å². The van der Waals surface area contributed by atoms with Crippen LogP contribution in [0.4, 0.5) is 0 Å². The third kappa shape index (κ3) is 5.02. The molecule has 3 aromatic carbocycles. The second-order valence-corrected chi connectivity index (χ2v) is 8.08. The minimum atomic E-state index is 0.477. The van der Waals surface area contributed by atoms with Crippen molar-refractivity contribution < 1.29 is 0 Å². The van der Waals surface area contributed by atoms with E-state index >= 15 is 0 Å². The fraction of sp³-hybridized carbons (Fsp3) is 0.280. The molecule has 0 saturated carbocycles. The topological polar surface area (TPSA) is 15.3 Å². The highest BCUT2D eigenvalue weighted by atomic mass is 35.5. The summed E-state index contributed by atoms with van der Waals surface area (Å²) in [7, 11) is 0. The first-order chi connectivity index (χ1) is 13.8. The van der Waals surface area contributed by atoms with E-state index in [2.05, 4.69) is 83.0 Å². The van der Waals surface area contributed by atoms with Gasteiger partial charge in [-0.1, -0.05) is 84.4 Å². The van der Waals surface area contributed by atoms with E-state index in [1.54, 1.807) is 0 Å². The number of likely N-dealkylation sites (tertiary alicyclic amines) is 1. The van der Waals surface area contributed by atoms with Gasteiger partial charge >= 0.3 is 0 Å². The third-order valence-electron chi connectivity index (χ3n) is 5.66. The SMILES string of the molecule is Clc1ccc(CN[C@@H]2CCN(Cc3ccccc3)C[C@@H]2c2ccccc2)cc1. The Morgan fingerprint density at radius 1 is 0.821 bits per heavy atom. The molecule has 1 heterocycles. The van der Waals surface area contributed by atoms with Crippen molar-refractivity contribution in [2.45, 2.75) is 31.5 Å². The summed E-state index contributed by atoms with van der Waals surface area (Å²) in [6.45, 7) is 4.10. The van der Waals surface area contributed by atoms with Gasteiger partial charge in [0.15, 0.2) is 0 Å². The van der Waals surface area contributed by atoms with Crippen molar-refractivity contribution in [2.24, 2.45) is 0 Å². The Bertz CT molecular complexity index is 849. The zero-order valence-corrected chi connectivity index (χ0v) is 16.9. The van der Waals surface area contributed by atoms with Gasteiger partial charge in [0.1, 0.15) is 0 Å². The van der Waals surface area contributed by atoms with Crippen LogP contribution in [0.15, 0.2) is 84.9 Å². The molecule has 1 aliphatic heterocycles. The Kier molecular flexibility index (Phi) is 6.43. The maximum atomic E-state index is 6.02. The van der Waals surface area contributed by atoms with Crippen LogP contribution < -0.4 is 5.32 Å². The van der Waals surface area contributed by atoms with E-state index in [0.717, 1.165) is 37.6 Å². The summed E-state index contributed by atoms with van der Waals surface area (Å²) < 4.78 is 0. The standard InChI is InChI=1S/C25H27ClN2/c26-23-13-11-20(12-14-23)17-27-25-15-16-28(18-21-7-3-1-4-8-21)19-24(25)22-9-5-2-6-10-22/h1-14,24-25,27H,15-19H2/t24-,25-/m1/s1. The molecule has 3 heteroatoms. The zero-order valence-electron chi connectivity index (χ0n) is 16.1. The first-order valence-electron chi connectivity index (χ1n) is 10.1. The minimum absolute atomic E-state index is 0.477. The lowest BCUT2D eigenvalue weighted by Gasteiger charge is -2.39. The first kappa shape index (κ1) is 19.2. The molecule has 0 aliphatic carbocycles. The van der Waals surface area contributed by atoms with Crippen LogP contribution in [-0.4, -0.2) is 24.0 Å². The molecule has 0 aromatic heterocycles. The van der Waals surface area contributed by atoms with Crippen LogP contribution in [0.5, 0.6) is 0 Å². The van der Waals surface area contributed by atoms with Gasteiger partial charge < -0.3 is 5.32 Å². The molecule has 0 amide bonds. The Labute approximate surface area is 173 Å². The van der Waals surface area contributed by atoms with Crippen molar-refractivity contribution in [3.05, 3.63) is 107 Å². The lowest BCUT2D eigenvalue weighted by Crippen LogP contribution is -2.47. The minimum Gasteiger partial charge on any atom is -0.309 e. The van der Waals surface area contributed by atoms with Crippen LogP contribution in [0.25, 0.3) is 0 Å². The number of halogens is 1. The monoisotopic (exact) mass is 390 g/mol. The van der Waals surface area contributed by atoms with E-state index in [1.807, 2.05) is 12.1 Å². The van der Waals surface area contributed by atoms with Gasteiger partial charge in [0.25, 0.3) is 0 Å². The van der Waals surface area contributed by atoms with Crippen molar-refractivity contribution in [3.63, 3.8) is 0 Å². The lowest BCUT2D eigenvalue weighted by atomic mass is 9.85. The highest BCUT2D eigenvalue weighted by Gasteiger charge is 2.30. The van der Waals surface area contributed by atoms with E-state index in [9.17, 15) is 0 Å². The van der Waals surface area contributed by atoms with E-state index in [-0.39, 0.29) is 0 Å². The predicted molar refractivity (Wildman–Crippen MR) is 118 cm³/mol. The molecule has 0 bridgehead atoms. The normalized spacial score (nSPS) is 20.2. The van der Waals surface area contributed by atoms with Crippen LogP contribution in [0.2, 0.25) is 5.02 Å². The highest BCUT2D eigenvalue weighted by molar-refractivity contribution is 6.30. The summed E-state index contributed by atoms with van der Waals surface area (Å²) >= 11 is 6.02. The van der Waals surface area contributed by atoms with Gasteiger partial charge in [-0.2, -0.15) is 0 Å². The molecular formula is C25H27ClN2. The highest BCUT2D eigenvalue weighted by Crippen LogP contribution is 2.28. The zero-order chi connectivity index (χ0) is 19.2. The molecule has 3 aromatic rings. The van der Waals surface area contributed by atoms with Crippen LogP contribution in [0.1, 0.15) is 29.0 Å². The maximum absolute atomic E-state index is 6.02. The summed E-state index contributed by atoms with van der Waals surface area (Å²) in [6.07, 6.45) is 1.15. The molecule has 0 spiro atoms. The number of nitrogens with one attached hydrogen (secondary N) is 1. The number of hydrogen-bond acceptors (Lipinski definition) is 2. The van der Waals surface area contributed by atoms with E-state index in [0.29, 0.717) is 12.0 Å². The quantitative estimate of drug-likeness (QED) is 0.598. The lowest BCUT2D eigenvalue weighted by molar-refractivity contribution is 0.166. The molecule has 0 unspecified atom stereocenters. The van der Waals surface area contributed by atoms with Crippen molar-refractivity contribution in [3.8, 4) is 0 Å². The molecule has 0 radical (unpaired) electrons. The molecule has 1 N–H and O–H groups in total. The number of benzene rings is 3. The molecule has 28 heavy (non-hydrogen) atoms. The molecule has 1 aliphatic rings. The van der Waals surface area contributed by atoms with Crippen molar-refractivity contribution in [1.82, 2.24) is 10.2 Å². The van der Waals surface area contributed by atoms with Gasteiger partial charge in [-0.3, -0.25) is 4.90 Å². The summed E-state index contributed by atoms with van der Waals surface area (Å²) in [5, 5.41) is 4.61. The van der Waals surface area contributed by atoms with Crippen LogP contribution >= 0.6 is 11.6 Å². The van der Waals surface area contributed by atoms with Gasteiger partial charge in [-0.25, -0.2) is 0 Å². The summed E-state index contributed by atoms with van der Waals surface area (Å²) in [5.41, 5.74) is 4.10. The number of hydrogen-bond donors (Lipinski definition) is 1. The largest absolute Gasteiger partial charge is 0.309 e. The molecule has 1 fully saturated rings. The summed E-state index contributed by atoms with van der Waals surface area (Å²) in [6, 6.07) is 30.4. The molecule has 2 nitrogen and oxygen atoms in total. The van der Waals surface area contributed by atoms with E-state index in [4.69, 9.17) is 11.6 Å². The Hall–Kier alpha value is -2.13.